The number of benzene rings is 2. The molecule has 5 heteroatoms. The summed E-state index contributed by atoms with van der Waals surface area (Å²) in [6.07, 6.45) is 3.05. The van der Waals surface area contributed by atoms with Crippen LogP contribution in [0.25, 0.3) is 22.0 Å². The second-order valence-electron chi connectivity index (χ2n) is 5.96. The maximum Gasteiger partial charge on any atom is 0.228 e. The summed E-state index contributed by atoms with van der Waals surface area (Å²) in [7, 11) is 0. The predicted octanol–water partition coefficient (Wildman–Crippen LogP) is 4.11. The van der Waals surface area contributed by atoms with Crippen molar-refractivity contribution in [3.8, 4) is 11.1 Å². The normalized spacial score (nSPS) is 14.7. The molecule has 2 N–H and O–H groups in total. The first-order valence-electron chi connectivity index (χ1n) is 7.75. The summed E-state index contributed by atoms with van der Waals surface area (Å²) in [5.41, 5.74) is 2.75. The van der Waals surface area contributed by atoms with E-state index in [4.69, 9.17) is 0 Å². The van der Waals surface area contributed by atoms with Crippen LogP contribution in [0, 0.1) is 11.7 Å². The van der Waals surface area contributed by atoms with E-state index in [0.29, 0.717) is 5.82 Å². The third-order valence-corrected chi connectivity index (χ3v) is 4.46. The van der Waals surface area contributed by atoms with Crippen LogP contribution in [0.2, 0.25) is 0 Å². The van der Waals surface area contributed by atoms with Gasteiger partial charge in [-0.1, -0.05) is 24.6 Å². The first kappa shape index (κ1) is 13.9. The Morgan fingerprint density at radius 1 is 1.13 bits per heavy atom. The van der Waals surface area contributed by atoms with Crippen molar-refractivity contribution >= 4 is 22.6 Å². The van der Waals surface area contributed by atoms with E-state index in [1.165, 1.54) is 12.1 Å². The summed E-state index contributed by atoms with van der Waals surface area (Å²) in [6.45, 7) is 0. The van der Waals surface area contributed by atoms with Crippen molar-refractivity contribution in [3.05, 3.63) is 48.3 Å². The number of hydrogen-bond donors (Lipinski definition) is 2. The fourth-order valence-electron chi connectivity index (χ4n) is 2.83. The highest BCUT2D eigenvalue weighted by molar-refractivity contribution is 6.01. The van der Waals surface area contributed by atoms with Crippen molar-refractivity contribution in [1.82, 2.24) is 10.2 Å². The second-order valence-corrected chi connectivity index (χ2v) is 5.96. The maximum atomic E-state index is 13.0. The maximum absolute atomic E-state index is 13.0. The zero-order valence-corrected chi connectivity index (χ0v) is 12.5. The average molecular weight is 309 g/mol. The first-order chi connectivity index (χ1) is 11.2. The van der Waals surface area contributed by atoms with Gasteiger partial charge in [-0.3, -0.25) is 9.89 Å². The van der Waals surface area contributed by atoms with Crippen LogP contribution in [0.3, 0.4) is 0 Å². The molecule has 0 spiro atoms. The fourth-order valence-corrected chi connectivity index (χ4v) is 2.83. The molecular weight excluding hydrogens is 293 g/mol. The number of aromatic amines is 1. The highest BCUT2D eigenvalue weighted by Gasteiger charge is 2.26. The van der Waals surface area contributed by atoms with Gasteiger partial charge in [0.15, 0.2) is 5.82 Å². The molecule has 4 nitrogen and oxygen atoms in total. The Kier molecular flexibility index (Phi) is 3.33. The lowest BCUT2D eigenvalue weighted by atomic mass is 9.85. The standard InChI is InChI=1S/C18H16FN3O/c19-14-7-4-11(5-8-14)13-6-9-15-16(10-13)21-22-17(15)20-18(23)12-2-1-3-12/h4-10,12H,1-3H2,(H2,20,21,22,23). The number of hydrogen-bond acceptors (Lipinski definition) is 2. The van der Waals surface area contributed by atoms with Gasteiger partial charge >= 0.3 is 0 Å². The summed E-state index contributed by atoms with van der Waals surface area (Å²) in [5, 5.41) is 10.9. The minimum Gasteiger partial charge on any atom is -0.308 e. The van der Waals surface area contributed by atoms with Gasteiger partial charge < -0.3 is 5.32 Å². The molecule has 0 radical (unpaired) electrons. The molecule has 23 heavy (non-hydrogen) atoms. The van der Waals surface area contributed by atoms with Crippen LogP contribution in [-0.2, 0) is 4.79 Å². The minimum absolute atomic E-state index is 0.0484. The smallest absolute Gasteiger partial charge is 0.228 e. The van der Waals surface area contributed by atoms with Crippen molar-refractivity contribution in [2.45, 2.75) is 19.3 Å². The Hall–Kier alpha value is -2.69. The molecule has 0 bridgehead atoms. The second kappa shape index (κ2) is 5.50. The van der Waals surface area contributed by atoms with Gasteiger partial charge in [-0.05, 0) is 48.2 Å². The number of H-pyrrole nitrogens is 1. The van der Waals surface area contributed by atoms with Crippen LogP contribution in [0.4, 0.5) is 10.2 Å². The minimum atomic E-state index is -0.252. The number of rotatable bonds is 3. The van der Waals surface area contributed by atoms with Crippen LogP contribution in [-0.4, -0.2) is 16.1 Å². The van der Waals surface area contributed by atoms with E-state index in [2.05, 4.69) is 15.5 Å². The number of aromatic nitrogens is 2. The Bertz CT molecular complexity index is 866. The number of nitrogens with zero attached hydrogens (tertiary/aromatic N) is 1. The molecule has 1 saturated carbocycles. The number of amides is 1. The van der Waals surface area contributed by atoms with Crippen LogP contribution >= 0.6 is 0 Å². The lowest BCUT2D eigenvalue weighted by Gasteiger charge is -2.23. The number of carbonyl (C=O) groups excluding carboxylic acids is 1. The van der Waals surface area contributed by atoms with Crippen LogP contribution in [0.1, 0.15) is 19.3 Å². The van der Waals surface area contributed by atoms with Crippen LogP contribution in [0.5, 0.6) is 0 Å². The van der Waals surface area contributed by atoms with Gasteiger partial charge in [0.25, 0.3) is 0 Å². The molecule has 1 heterocycles. The Balaban J connectivity index is 1.63. The van der Waals surface area contributed by atoms with Crippen molar-refractivity contribution in [3.63, 3.8) is 0 Å². The van der Waals surface area contributed by atoms with Gasteiger partial charge in [0.05, 0.1) is 5.52 Å². The first-order valence-corrected chi connectivity index (χ1v) is 7.75. The SMILES string of the molecule is O=C(Nc1n[nH]c2cc(-c3ccc(F)cc3)ccc12)C1CCC1. The highest BCUT2D eigenvalue weighted by Crippen LogP contribution is 2.30. The number of halogens is 1. The molecule has 2 aromatic carbocycles. The van der Waals surface area contributed by atoms with E-state index in [-0.39, 0.29) is 17.6 Å². The van der Waals surface area contributed by atoms with Gasteiger partial charge in [0.1, 0.15) is 5.82 Å². The quantitative estimate of drug-likeness (QED) is 0.765. The van der Waals surface area contributed by atoms with Gasteiger partial charge in [0.2, 0.25) is 5.91 Å². The summed E-state index contributed by atoms with van der Waals surface area (Å²) in [5.74, 6) is 0.493. The zero-order valence-electron chi connectivity index (χ0n) is 12.5. The highest BCUT2D eigenvalue weighted by atomic mass is 19.1. The van der Waals surface area contributed by atoms with E-state index in [0.717, 1.165) is 41.3 Å². The average Bonchev–Trinajstić information content (AvgIpc) is 2.88. The van der Waals surface area contributed by atoms with E-state index in [1.807, 2.05) is 18.2 Å². The third kappa shape index (κ3) is 2.59. The van der Waals surface area contributed by atoms with Crippen molar-refractivity contribution < 1.29 is 9.18 Å². The van der Waals surface area contributed by atoms with E-state index in [1.54, 1.807) is 12.1 Å². The summed E-state index contributed by atoms with van der Waals surface area (Å²) in [6, 6.07) is 12.2. The van der Waals surface area contributed by atoms with Gasteiger partial charge in [-0.2, -0.15) is 5.10 Å². The molecule has 0 aliphatic heterocycles. The molecule has 0 saturated heterocycles. The fraction of sp³-hybridized carbons (Fsp3) is 0.222. The molecule has 4 rings (SSSR count). The lowest BCUT2D eigenvalue weighted by Crippen LogP contribution is -2.28. The van der Waals surface area contributed by atoms with Crippen molar-refractivity contribution in [1.29, 1.82) is 0 Å². The molecule has 1 amide bonds. The third-order valence-electron chi connectivity index (χ3n) is 4.46. The molecule has 1 aliphatic carbocycles. The molecule has 1 aliphatic rings. The Morgan fingerprint density at radius 2 is 1.87 bits per heavy atom. The van der Waals surface area contributed by atoms with E-state index >= 15 is 0 Å². The Labute approximate surface area is 132 Å². The summed E-state index contributed by atoms with van der Waals surface area (Å²) >= 11 is 0. The zero-order chi connectivity index (χ0) is 15.8. The lowest BCUT2D eigenvalue weighted by molar-refractivity contribution is -0.122. The monoisotopic (exact) mass is 309 g/mol. The van der Waals surface area contributed by atoms with Crippen LogP contribution in [0.15, 0.2) is 42.5 Å². The number of anilines is 1. The molecule has 1 aromatic heterocycles. The van der Waals surface area contributed by atoms with Gasteiger partial charge in [-0.15, -0.1) is 0 Å². The largest absolute Gasteiger partial charge is 0.308 e. The van der Waals surface area contributed by atoms with E-state index in [9.17, 15) is 9.18 Å². The van der Waals surface area contributed by atoms with Gasteiger partial charge in [-0.25, -0.2) is 4.39 Å². The summed E-state index contributed by atoms with van der Waals surface area (Å²) < 4.78 is 13.0. The van der Waals surface area contributed by atoms with Crippen LogP contribution < -0.4 is 5.32 Å². The molecule has 0 unspecified atom stereocenters. The number of carbonyl (C=O) groups is 1. The predicted molar refractivity (Wildman–Crippen MR) is 87.5 cm³/mol. The van der Waals surface area contributed by atoms with Crippen molar-refractivity contribution in [2.24, 2.45) is 5.92 Å². The Morgan fingerprint density at radius 3 is 2.57 bits per heavy atom. The topological polar surface area (TPSA) is 57.8 Å². The molecule has 3 aromatic rings. The molecule has 0 atom stereocenters. The number of fused-ring (bicyclic) bond motifs is 1. The molecule has 116 valence electrons. The molecule has 1 fully saturated rings. The number of nitrogens with one attached hydrogen (secondary N) is 2. The summed E-state index contributed by atoms with van der Waals surface area (Å²) in [4.78, 5) is 12.1. The van der Waals surface area contributed by atoms with Gasteiger partial charge in [0, 0.05) is 11.3 Å². The van der Waals surface area contributed by atoms with E-state index < -0.39 is 0 Å². The van der Waals surface area contributed by atoms with Crippen molar-refractivity contribution in [2.75, 3.05) is 5.32 Å². The molecular formula is C18H16FN3O.